The highest BCUT2D eigenvalue weighted by Gasteiger charge is 2.15. The Hall–Kier alpha value is -2.58. The first kappa shape index (κ1) is 15.9. The highest BCUT2D eigenvalue weighted by atomic mass is 16.5. The second-order valence-electron chi connectivity index (χ2n) is 5.94. The van der Waals surface area contributed by atoms with Crippen LogP contribution in [-0.4, -0.2) is 57.1 Å². The minimum Gasteiger partial charge on any atom is -0.374 e. The van der Waals surface area contributed by atoms with Gasteiger partial charge in [-0.25, -0.2) is 9.97 Å². The van der Waals surface area contributed by atoms with Crippen LogP contribution < -0.4 is 10.6 Å². The number of aryl methyl sites for hydroxylation is 1. The van der Waals surface area contributed by atoms with Crippen LogP contribution in [0.2, 0.25) is 0 Å². The zero-order valence-electron chi connectivity index (χ0n) is 14.1. The standard InChI is InChI=1S/C17H21N7O/c1-2-24-11-12(8-22-24)14-7-15-16(20-4-3-19-15)17(23-14)21-10-13-9-18-5-6-25-13/h3-4,7-8,11,13,18H,2,5-6,9-10H2,1H3,(H,21,23). The van der Waals surface area contributed by atoms with Crippen molar-refractivity contribution in [2.24, 2.45) is 0 Å². The molecule has 0 amide bonds. The Morgan fingerprint density at radius 1 is 1.36 bits per heavy atom. The Labute approximate surface area is 145 Å². The molecule has 3 aromatic rings. The van der Waals surface area contributed by atoms with Gasteiger partial charge in [0.1, 0.15) is 5.52 Å². The summed E-state index contributed by atoms with van der Waals surface area (Å²) in [4.78, 5) is 13.6. The molecule has 1 aliphatic heterocycles. The van der Waals surface area contributed by atoms with Crippen molar-refractivity contribution >= 4 is 16.9 Å². The quantitative estimate of drug-likeness (QED) is 0.724. The van der Waals surface area contributed by atoms with Gasteiger partial charge in [0.15, 0.2) is 5.82 Å². The molecule has 0 aromatic carbocycles. The van der Waals surface area contributed by atoms with Crippen molar-refractivity contribution in [2.45, 2.75) is 19.6 Å². The normalized spacial score (nSPS) is 17.7. The van der Waals surface area contributed by atoms with Gasteiger partial charge in [-0.1, -0.05) is 0 Å². The van der Waals surface area contributed by atoms with Gasteiger partial charge in [0.05, 0.1) is 30.1 Å². The van der Waals surface area contributed by atoms with Gasteiger partial charge in [-0.15, -0.1) is 0 Å². The largest absolute Gasteiger partial charge is 0.374 e. The van der Waals surface area contributed by atoms with E-state index in [-0.39, 0.29) is 6.10 Å². The number of morpholine rings is 1. The number of hydrogen-bond donors (Lipinski definition) is 2. The van der Waals surface area contributed by atoms with Crippen LogP contribution in [0.3, 0.4) is 0 Å². The molecule has 1 unspecified atom stereocenters. The van der Waals surface area contributed by atoms with Crippen LogP contribution in [0.15, 0.2) is 30.9 Å². The molecule has 8 nitrogen and oxygen atoms in total. The van der Waals surface area contributed by atoms with Crippen LogP contribution in [0.1, 0.15) is 6.92 Å². The molecule has 0 saturated carbocycles. The molecule has 4 rings (SSSR count). The van der Waals surface area contributed by atoms with Crippen LogP contribution >= 0.6 is 0 Å². The second kappa shape index (κ2) is 7.12. The van der Waals surface area contributed by atoms with Gasteiger partial charge in [0, 0.05) is 50.3 Å². The van der Waals surface area contributed by atoms with Crippen LogP contribution in [0.25, 0.3) is 22.3 Å². The molecule has 0 bridgehead atoms. The van der Waals surface area contributed by atoms with Crippen LogP contribution in [0, 0.1) is 0 Å². The number of hydrogen-bond acceptors (Lipinski definition) is 7. The Morgan fingerprint density at radius 2 is 2.28 bits per heavy atom. The van der Waals surface area contributed by atoms with Crippen LogP contribution in [0.4, 0.5) is 5.82 Å². The van der Waals surface area contributed by atoms with Gasteiger partial charge in [0.2, 0.25) is 0 Å². The van der Waals surface area contributed by atoms with Gasteiger partial charge in [-0.3, -0.25) is 9.67 Å². The van der Waals surface area contributed by atoms with E-state index in [2.05, 4.69) is 32.6 Å². The Kier molecular flexibility index (Phi) is 4.53. The predicted octanol–water partition coefficient (Wildman–Crippen LogP) is 1.31. The third kappa shape index (κ3) is 3.45. The third-order valence-corrected chi connectivity index (χ3v) is 4.21. The van der Waals surface area contributed by atoms with Crippen LogP contribution in [0.5, 0.6) is 0 Å². The SMILES string of the molecule is CCn1cc(-c2cc3nccnc3c(NCC3CNCCO3)n2)cn1. The van der Waals surface area contributed by atoms with E-state index < -0.39 is 0 Å². The number of pyridine rings is 1. The Bertz CT molecular complexity index is 857. The molecule has 1 atom stereocenters. The number of ether oxygens (including phenoxy) is 1. The predicted molar refractivity (Wildman–Crippen MR) is 95.3 cm³/mol. The number of nitrogens with zero attached hydrogens (tertiary/aromatic N) is 5. The van der Waals surface area contributed by atoms with Crippen molar-refractivity contribution in [3.63, 3.8) is 0 Å². The monoisotopic (exact) mass is 339 g/mol. The van der Waals surface area contributed by atoms with Crippen LogP contribution in [-0.2, 0) is 11.3 Å². The summed E-state index contributed by atoms with van der Waals surface area (Å²) in [5.74, 6) is 0.721. The number of anilines is 1. The average molecular weight is 339 g/mol. The molecule has 0 spiro atoms. The molecule has 8 heteroatoms. The first-order valence-corrected chi connectivity index (χ1v) is 8.54. The minimum atomic E-state index is 0.119. The Morgan fingerprint density at radius 3 is 3.08 bits per heavy atom. The fourth-order valence-electron chi connectivity index (χ4n) is 2.87. The van der Waals surface area contributed by atoms with E-state index in [1.54, 1.807) is 12.4 Å². The summed E-state index contributed by atoms with van der Waals surface area (Å²) in [6, 6.07) is 1.95. The van der Waals surface area contributed by atoms with Gasteiger partial charge >= 0.3 is 0 Å². The summed E-state index contributed by atoms with van der Waals surface area (Å²) in [6.07, 6.45) is 7.31. The summed E-state index contributed by atoms with van der Waals surface area (Å²) < 4.78 is 7.62. The maximum atomic E-state index is 5.74. The highest BCUT2D eigenvalue weighted by Crippen LogP contribution is 2.25. The first-order chi connectivity index (χ1) is 12.3. The zero-order valence-corrected chi connectivity index (χ0v) is 14.1. The van der Waals surface area contributed by atoms with E-state index in [1.165, 1.54) is 0 Å². The lowest BCUT2D eigenvalue weighted by molar-refractivity contribution is 0.0372. The van der Waals surface area contributed by atoms with E-state index in [9.17, 15) is 0 Å². The maximum absolute atomic E-state index is 5.74. The van der Waals surface area contributed by atoms with Crippen molar-refractivity contribution in [3.8, 4) is 11.3 Å². The molecule has 130 valence electrons. The molecule has 1 saturated heterocycles. The molecular weight excluding hydrogens is 318 g/mol. The zero-order chi connectivity index (χ0) is 17.1. The second-order valence-corrected chi connectivity index (χ2v) is 5.94. The summed E-state index contributed by atoms with van der Waals surface area (Å²) >= 11 is 0. The average Bonchev–Trinajstić information content (AvgIpc) is 3.16. The fraction of sp³-hybridized carbons (Fsp3) is 0.412. The number of nitrogens with one attached hydrogen (secondary N) is 2. The van der Waals surface area contributed by atoms with E-state index >= 15 is 0 Å². The fourth-order valence-corrected chi connectivity index (χ4v) is 2.87. The van der Waals surface area contributed by atoms with Crippen molar-refractivity contribution in [3.05, 3.63) is 30.9 Å². The van der Waals surface area contributed by atoms with Crippen molar-refractivity contribution in [1.29, 1.82) is 0 Å². The van der Waals surface area contributed by atoms with E-state index in [0.717, 1.165) is 54.3 Å². The molecule has 25 heavy (non-hydrogen) atoms. The third-order valence-electron chi connectivity index (χ3n) is 4.21. The smallest absolute Gasteiger partial charge is 0.154 e. The van der Waals surface area contributed by atoms with Gasteiger partial charge in [0.25, 0.3) is 0 Å². The maximum Gasteiger partial charge on any atom is 0.154 e. The first-order valence-electron chi connectivity index (χ1n) is 8.54. The number of aromatic nitrogens is 5. The summed E-state index contributed by atoms with van der Waals surface area (Å²) in [7, 11) is 0. The minimum absolute atomic E-state index is 0.119. The van der Waals surface area contributed by atoms with Crippen molar-refractivity contribution < 1.29 is 4.74 Å². The molecule has 3 aromatic heterocycles. The van der Waals surface area contributed by atoms with Gasteiger partial charge in [-0.05, 0) is 13.0 Å². The molecular formula is C17H21N7O. The molecule has 1 fully saturated rings. The lowest BCUT2D eigenvalue weighted by Gasteiger charge is -2.24. The van der Waals surface area contributed by atoms with E-state index in [1.807, 2.05) is 23.1 Å². The van der Waals surface area contributed by atoms with E-state index in [0.29, 0.717) is 6.54 Å². The Balaban J connectivity index is 1.65. The topological polar surface area (TPSA) is 89.8 Å². The van der Waals surface area contributed by atoms with Crippen molar-refractivity contribution in [2.75, 3.05) is 31.6 Å². The molecule has 2 N–H and O–H groups in total. The summed E-state index contributed by atoms with van der Waals surface area (Å²) in [6.45, 7) is 6.02. The molecule has 0 radical (unpaired) electrons. The lowest BCUT2D eigenvalue weighted by Crippen LogP contribution is -2.42. The summed E-state index contributed by atoms with van der Waals surface area (Å²) in [5, 5.41) is 11.0. The van der Waals surface area contributed by atoms with Gasteiger partial charge < -0.3 is 15.4 Å². The van der Waals surface area contributed by atoms with E-state index in [4.69, 9.17) is 9.72 Å². The molecule has 0 aliphatic carbocycles. The summed E-state index contributed by atoms with van der Waals surface area (Å²) in [5.41, 5.74) is 3.37. The molecule has 4 heterocycles. The molecule has 1 aliphatic rings. The lowest BCUT2D eigenvalue weighted by atomic mass is 10.2. The van der Waals surface area contributed by atoms with Gasteiger partial charge in [-0.2, -0.15) is 5.10 Å². The number of fused-ring (bicyclic) bond motifs is 1. The highest BCUT2D eigenvalue weighted by molar-refractivity contribution is 5.88. The van der Waals surface area contributed by atoms with Crippen molar-refractivity contribution in [1.82, 2.24) is 30.0 Å². The number of rotatable bonds is 5.